The van der Waals surface area contributed by atoms with Gasteiger partial charge in [-0.05, 0) is 54.1 Å². The van der Waals surface area contributed by atoms with Gasteiger partial charge in [-0.25, -0.2) is 0 Å². The minimum absolute atomic E-state index is 0.0183. The van der Waals surface area contributed by atoms with E-state index in [9.17, 15) is 14.7 Å². The van der Waals surface area contributed by atoms with Gasteiger partial charge in [0.2, 0.25) is 11.8 Å². The Kier molecular flexibility index (Phi) is 7.21. The van der Waals surface area contributed by atoms with E-state index in [-0.39, 0.29) is 24.0 Å². The van der Waals surface area contributed by atoms with Gasteiger partial charge in [-0.3, -0.25) is 14.5 Å². The molecule has 1 heterocycles. The predicted molar refractivity (Wildman–Crippen MR) is 136 cm³/mol. The van der Waals surface area contributed by atoms with Crippen molar-refractivity contribution in [1.29, 1.82) is 0 Å². The maximum atomic E-state index is 13.2. The molecule has 4 rings (SSSR count). The van der Waals surface area contributed by atoms with Crippen LogP contribution in [-0.4, -0.2) is 33.6 Å². The summed E-state index contributed by atoms with van der Waals surface area (Å²) < 4.78 is 0.906. The second-order valence-corrected chi connectivity index (χ2v) is 9.18. The number of benzene rings is 3. The lowest BCUT2D eigenvalue weighted by atomic mass is 10.2. The van der Waals surface area contributed by atoms with Crippen molar-refractivity contribution in [3.05, 3.63) is 88.9 Å². The first-order chi connectivity index (χ1) is 16.0. The second-order valence-electron chi connectivity index (χ2n) is 7.09. The van der Waals surface area contributed by atoms with Crippen molar-refractivity contribution in [3.8, 4) is 5.75 Å². The summed E-state index contributed by atoms with van der Waals surface area (Å²) in [6.07, 6.45) is 1.58. The van der Waals surface area contributed by atoms with Gasteiger partial charge in [0.15, 0.2) is 5.17 Å². The van der Waals surface area contributed by atoms with Gasteiger partial charge in [0.1, 0.15) is 11.0 Å². The number of hydrogen-bond acceptors (Lipinski definition) is 6. The van der Waals surface area contributed by atoms with Crippen molar-refractivity contribution in [2.24, 2.45) is 10.2 Å². The lowest BCUT2D eigenvalue weighted by Crippen LogP contribution is -2.33. The zero-order valence-corrected chi connectivity index (χ0v) is 19.7. The van der Waals surface area contributed by atoms with Gasteiger partial charge in [0.25, 0.3) is 0 Å². The molecule has 3 aromatic carbocycles. The molecule has 2 amide bonds. The van der Waals surface area contributed by atoms with Gasteiger partial charge in [-0.2, -0.15) is 5.10 Å². The third-order valence-electron chi connectivity index (χ3n) is 4.69. The molecule has 1 aliphatic heterocycles. The maximum absolute atomic E-state index is 13.2. The van der Waals surface area contributed by atoms with E-state index in [1.165, 1.54) is 28.8 Å². The van der Waals surface area contributed by atoms with Crippen molar-refractivity contribution in [3.63, 3.8) is 0 Å². The zero-order chi connectivity index (χ0) is 23.2. The fraction of sp³-hybridized carbons (Fsp3) is 0.0833. The summed E-state index contributed by atoms with van der Waals surface area (Å²) in [6.45, 7) is 0. The van der Waals surface area contributed by atoms with Crippen LogP contribution in [0.15, 0.2) is 93.5 Å². The highest BCUT2D eigenvalue weighted by Gasteiger charge is 2.40. The summed E-state index contributed by atoms with van der Waals surface area (Å²) in [7, 11) is 0. The number of anilines is 2. The highest BCUT2D eigenvalue weighted by molar-refractivity contribution is 9.10. The molecule has 0 radical (unpaired) electrons. The van der Waals surface area contributed by atoms with E-state index >= 15 is 0 Å². The minimum Gasteiger partial charge on any atom is -0.508 e. The molecule has 3 aromatic rings. The smallest absolute Gasteiger partial charge is 0.247 e. The molecule has 7 nitrogen and oxygen atoms in total. The number of amides is 2. The van der Waals surface area contributed by atoms with Crippen LogP contribution in [0.5, 0.6) is 5.75 Å². The number of hydrogen-bond donors (Lipinski definition) is 2. The lowest BCUT2D eigenvalue weighted by molar-refractivity contribution is -0.121. The molecule has 33 heavy (non-hydrogen) atoms. The van der Waals surface area contributed by atoms with E-state index in [4.69, 9.17) is 0 Å². The number of aromatic hydroxyl groups is 1. The third kappa shape index (κ3) is 5.88. The number of carbonyl (C=O) groups excluding carboxylic acids is 2. The van der Waals surface area contributed by atoms with E-state index in [1.807, 2.05) is 42.5 Å². The highest BCUT2D eigenvalue weighted by atomic mass is 79.9. The molecule has 9 heteroatoms. The zero-order valence-electron chi connectivity index (χ0n) is 17.3. The minimum atomic E-state index is -0.653. The molecule has 1 saturated heterocycles. The average Bonchev–Trinajstić information content (AvgIpc) is 3.11. The van der Waals surface area contributed by atoms with Gasteiger partial charge >= 0.3 is 0 Å². The Hall–Kier alpha value is -3.43. The molecule has 0 aromatic heterocycles. The average molecular weight is 523 g/mol. The van der Waals surface area contributed by atoms with Gasteiger partial charge in [0, 0.05) is 16.6 Å². The topological polar surface area (TPSA) is 94.4 Å². The standard InChI is InChI=1S/C24H19BrN4O3S/c25-17-6-8-18(9-7-17)27-22(31)14-21-23(32)29(19-10-12-20(30)13-11-19)24(33-21)28-26-15-16-4-2-1-3-5-16/h1-13,15,21,30H,14H2,(H,27,31)/b26-15+,28-24+. The highest BCUT2D eigenvalue weighted by Crippen LogP contribution is 2.34. The lowest BCUT2D eigenvalue weighted by Gasteiger charge is -2.15. The van der Waals surface area contributed by atoms with E-state index in [0.29, 0.717) is 16.5 Å². The van der Waals surface area contributed by atoms with Crippen LogP contribution in [-0.2, 0) is 9.59 Å². The summed E-state index contributed by atoms with van der Waals surface area (Å²) >= 11 is 4.54. The van der Waals surface area contributed by atoms with Gasteiger partial charge in [-0.15, -0.1) is 5.10 Å². The number of amidine groups is 1. The van der Waals surface area contributed by atoms with Gasteiger partial charge in [-0.1, -0.05) is 58.0 Å². The fourth-order valence-corrected chi connectivity index (χ4v) is 4.46. The summed E-state index contributed by atoms with van der Waals surface area (Å²) in [5.41, 5.74) is 2.06. The Labute approximate surface area is 203 Å². The van der Waals surface area contributed by atoms with Crippen LogP contribution in [0.3, 0.4) is 0 Å². The molecule has 2 N–H and O–H groups in total. The van der Waals surface area contributed by atoms with Crippen molar-refractivity contribution < 1.29 is 14.7 Å². The fourth-order valence-electron chi connectivity index (χ4n) is 3.10. The van der Waals surface area contributed by atoms with E-state index in [2.05, 4.69) is 31.4 Å². The molecule has 0 bridgehead atoms. The maximum Gasteiger partial charge on any atom is 0.247 e. The predicted octanol–water partition coefficient (Wildman–Crippen LogP) is 5.02. The van der Waals surface area contributed by atoms with Crippen LogP contribution in [0.1, 0.15) is 12.0 Å². The number of thioether (sulfide) groups is 1. The number of halogens is 1. The Morgan fingerprint density at radius 3 is 2.45 bits per heavy atom. The second kappa shape index (κ2) is 10.5. The molecule has 0 spiro atoms. The molecular formula is C24H19BrN4O3S. The summed E-state index contributed by atoms with van der Waals surface area (Å²) in [6, 6.07) is 22.9. The van der Waals surface area contributed by atoms with Crippen LogP contribution < -0.4 is 10.2 Å². The first kappa shape index (κ1) is 22.8. The number of phenols is 1. The molecule has 1 unspecified atom stereocenters. The van der Waals surface area contributed by atoms with Crippen molar-refractivity contribution in [2.45, 2.75) is 11.7 Å². The van der Waals surface area contributed by atoms with E-state index < -0.39 is 5.25 Å². The SMILES string of the molecule is O=C(CC1S/C(=N/N=C/c2ccccc2)N(c2ccc(O)cc2)C1=O)Nc1ccc(Br)cc1. The van der Waals surface area contributed by atoms with Crippen molar-refractivity contribution in [2.75, 3.05) is 10.2 Å². The van der Waals surface area contributed by atoms with Crippen LogP contribution in [0.25, 0.3) is 0 Å². The van der Waals surface area contributed by atoms with Gasteiger partial charge < -0.3 is 10.4 Å². The summed E-state index contributed by atoms with van der Waals surface area (Å²) in [5.74, 6) is -0.461. The van der Waals surface area contributed by atoms with Crippen LogP contribution in [0, 0.1) is 0 Å². The molecule has 1 aliphatic rings. The summed E-state index contributed by atoms with van der Waals surface area (Å²) in [5, 5.41) is 20.5. The third-order valence-corrected chi connectivity index (χ3v) is 6.35. The molecule has 1 atom stereocenters. The normalized spacial score (nSPS) is 17.1. The van der Waals surface area contributed by atoms with Crippen LogP contribution >= 0.6 is 27.7 Å². The number of nitrogens with one attached hydrogen (secondary N) is 1. The summed E-state index contributed by atoms with van der Waals surface area (Å²) in [4.78, 5) is 27.2. The van der Waals surface area contributed by atoms with E-state index in [1.54, 1.807) is 30.5 Å². The first-order valence-corrected chi connectivity index (χ1v) is 11.7. The number of carbonyl (C=O) groups is 2. The van der Waals surface area contributed by atoms with Gasteiger partial charge in [0.05, 0.1) is 11.9 Å². The Morgan fingerprint density at radius 2 is 1.76 bits per heavy atom. The monoisotopic (exact) mass is 522 g/mol. The van der Waals surface area contributed by atoms with Crippen LogP contribution in [0.2, 0.25) is 0 Å². The quantitative estimate of drug-likeness (QED) is 0.351. The first-order valence-electron chi connectivity index (χ1n) is 10.0. The Balaban J connectivity index is 1.53. The number of phenolic OH excluding ortho intramolecular Hbond substituents is 1. The number of nitrogens with zero attached hydrogens (tertiary/aromatic N) is 3. The largest absolute Gasteiger partial charge is 0.508 e. The molecular weight excluding hydrogens is 504 g/mol. The van der Waals surface area contributed by atoms with E-state index in [0.717, 1.165) is 10.0 Å². The Bertz CT molecular complexity index is 1200. The molecule has 0 saturated carbocycles. The molecule has 166 valence electrons. The van der Waals surface area contributed by atoms with Crippen LogP contribution in [0.4, 0.5) is 11.4 Å². The van der Waals surface area contributed by atoms with Crippen molar-refractivity contribution in [1.82, 2.24) is 0 Å². The Morgan fingerprint density at radius 1 is 1.06 bits per heavy atom. The number of rotatable bonds is 6. The molecule has 0 aliphatic carbocycles. The molecule has 1 fully saturated rings. The van der Waals surface area contributed by atoms with Crippen molar-refractivity contribution >= 4 is 62.3 Å².